The van der Waals surface area contributed by atoms with E-state index in [9.17, 15) is 0 Å². The van der Waals surface area contributed by atoms with Crippen LogP contribution in [0.5, 0.6) is 5.75 Å². The molecule has 2 aromatic rings. The first-order valence-corrected chi connectivity index (χ1v) is 6.99. The Morgan fingerprint density at radius 1 is 1.16 bits per heavy atom. The average molecular weight is 255 g/mol. The van der Waals surface area contributed by atoms with Crippen LogP contribution in [-0.2, 0) is 0 Å². The summed E-state index contributed by atoms with van der Waals surface area (Å²) in [5.41, 5.74) is 1.40. The third kappa shape index (κ3) is 2.10. The Morgan fingerprint density at radius 2 is 1.84 bits per heavy atom. The Balaban J connectivity index is 2.13. The van der Waals surface area contributed by atoms with E-state index >= 15 is 0 Å². The molecule has 1 fully saturated rings. The van der Waals surface area contributed by atoms with Crippen LogP contribution in [0.4, 0.5) is 0 Å². The molecule has 3 atom stereocenters. The van der Waals surface area contributed by atoms with E-state index in [4.69, 9.17) is 4.74 Å². The van der Waals surface area contributed by atoms with E-state index in [0.717, 1.165) is 17.6 Å². The second-order valence-electron chi connectivity index (χ2n) is 5.55. The van der Waals surface area contributed by atoms with Gasteiger partial charge in [0.2, 0.25) is 0 Å². The summed E-state index contributed by atoms with van der Waals surface area (Å²) in [6, 6.07) is 13.3. The molecule has 1 saturated carbocycles. The van der Waals surface area contributed by atoms with Gasteiger partial charge >= 0.3 is 0 Å². The van der Waals surface area contributed by atoms with Gasteiger partial charge in [0.1, 0.15) is 5.75 Å². The van der Waals surface area contributed by atoms with Gasteiger partial charge < -0.3 is 10.1 Å². The Hall–Kier alpha value is -1.54. The van der Waals surface area contributed by atoms with Gasteiger partial charge in [-0.1, -0.05) is 37.3 Å². The van der Waals surface area contributed by atoms with Gasteiger partial charge in [0, 0.05) is 11.4 Å². The summed E-state index contributed by atoms with van der Waals surface area (Å²) >= 11 is 0. The molecule has 2 heteroatoms. The fraction of sp³-hybridized carbons (Fsp3) is 0.412. The second kappa shape index (κ2) is 4.86. The molecular formula is C17H21NO. The van der Waals surface area contributed by atoms with Crippen LogP contribution in [0.25, 0.3) is 10.8 Å². The highest BCUT2D eigenvalue weighted by Gasteiger charge is 2.39. The fourth-order valence-corrected chi connectivity index (χ4v) is 3.16. The molecule has 0 spiro atoms. The highest BCUT2D eigenvalue weighted by molar-refractivity contribution is 5.91. The van der Waals surface area contributed by atoms with Crippen molar-refractivity contribution in [2.75, 3.05) is 14.2 Å². The lowest BCUT2D eigenvalue weighted by atomic mass is 9.94. The van der Waals surface area contributed by atoms with Crippen molar-refractivity contribution in [1.29, 1.82) is 0 Å². The second-order valence-corrected chi connectivity index (χ2v) is 5.55. The van der Waals surface area contributed by atoms with Crippen LogP contribution < -0.4 is 10.1 Å². The highest BCUT2D eigenvalue weighted by Crippen LogP contribution is 2.48. The molecule has 0 bridgehead atoms. The predicted molar refractivity (Wildman–Crippen MR) is 79.6 cm³/mol. The summed E-state index contributed by atoms with van der Waals surface area (Å²) in [6.07, 6.45) is 1.33. The monoisotopic (exact) mass is 255 g/mol. The van der Waals surface area contributed by atoms with Crippen LogP contribution in [-0.4, -0.2) is 14.2 Å². The number of ether oxygens (including phenoxy) is 1. The zero-order valence-electron chi connectivity index (χ0n) is 11.8. The molecule has 2 aromatic carbocycles. The summed E-state index contributed by atoms with van der Waals surface area (Å²) in [5.74, 6) is 2.55. The fourth-order valence-electron chi connectivity index (χ4n) is 3.16. The molecule has 1 aliphatic rings. The number of rotatable bonds is 4. The molecular weight excluding hydrogens is 234 g/mol. The van der Waals surface area contributed by atoms with Crippen molar-refractivity contribution in [1.82, 2.24) is 5.32 Å². The molecule has 1 aliphatic carbocycles. The number of benzene rings is 2. The quantitative estimate of drug-likeness (QED) is 0.898. The van der Waals surface area contributed by atoms with E-state index in [1.165, 1.54) is 22.8 Å². The van der Waals surface area contributed by atoms with Gasteiger partial charge in [-0.15, -0.1) is 0 Å². The maximum Gasteiger partial charge on any atom is 0.126 e. The maximum absolute atomic E-state index is 5.47. The highest BCUT2D eigenvalue weighted by atomic mass is 16.5. The summed E-state index contributed by atoms with van der Waals surface area (Å²) in [4.78, 5) is 0. The van der Waals surface area contributed by atoms with Crippen LogP contribution in [0.2, 0.25) is 0 Å². The van der Waals surface area contributed by atoms with Gasteiger partial charge in [-0.3, -0.25) is 0 Å². The van der Waals surface area contributed by atoms with E-state index in [-0.39, 0.29) is 0 Å². The van der Waals surface area contributed by atoms with Gasteiger partial charge in [0.25, 0.3) is 0 Å². The predicted octanol–water partition coefficient (Wildman–Crippen LogP) is 3.76. The minimum atomic E-state index is 0.450. The zero-order chi connectivity index (χ0) is 13.4. The largest absolute Gasteiger partial charge is 0.496 e. The number of nitrogens with one attached hydrogen (secondary N) is 1. The normalized spacial score (nSPS) is 23.3. The average Bonchev–Trinajstić information content (AvgIpc) is 3.16. The molecule has 1 N–H and O–H groups in total. The summed E-state index contributed by atoms with van der Waals surface area (Å²) in [7, 11) is 3.80. The molecule has 0 aromatic heterocycles. The van der Waals surface area contributed by atoms with Crippen molar-refractivity contribution < 1.29 is 4.74 Å². The SMILES string of the molecule is CNC(c1ccc(OC)c2ccccc12)C1CC1C. The first-order chi connectivity index (χ1) is 9.26. The molecule has 0 aliphatic heterocycles. The third-order valence-electron chi connectivity index (χ3n) is 4.38. The minimum Gasteiger partial charge on any atom is -0.496 e. The van der Waals surface area contributed by atoms with E-state index in [1.54, 1.807) is 7.11 Å². The van der Waals surface area contributed by atoms with Crippen LogP contribution in [0.15, 0.2) is 36.4 Å². The molecule has 3 unspecified atom stereocenters. The number of methoxy groups -OCH3 is 1. The first kappa shape index (κ1) is 12.5. The Labute approximate surface area is 114 Å². The Kier molecular flexibility index (Phi) is 3.19. The summed E-state index contributed by atoms with van der Waals surface area (Å²) in [6.45, 7) is 2.33. The van der Waals surface area contributed by atoms with Gasteiger partial charge in [-0.25, -0.2) is 0 Å². The maximum atomic E-state index is 5.47. The minimum absolute atomic E-state index is 0.450. The molecule has 2 nitrogen and oxygen atoms in total. The zero-order valence-corrected chi connectivity index (χ0v) is 11.8. The lowest BCUT2D eigenvalue weighted by Crippen LogP contribution is -2.19. The van der Waals surface area contributed by atoms with Gasteiger partial charge in [-0.2, -0.15) is 0 Å². The molecule has 19 heavy (non-hydrogen) atoms. The number of hydrogen-bond acceptors (Lipinski definition) is 2. The van der Waals surface area contributed by atoms with Gasteiger partial charge in [0.15, 0.2) is 0 Å². The molecule has 0 radical (unpaired) electrons. The summed E-state index contributed by atoms with van der Waals surface area (Å²) in [5, 5.41) is 6.01. The van der Waals surface area contributed by atoms with Crippen LogP contribution in [0, 0.1) is 11.8 Å². The summed E-state index contributed by atoms with van der Waals surface area (Å²) < 4.78 is 5.47. The van der Waals surface area contributed by atoms with Gasteiger partial charge in [0.05, 0.1) is 7.11 Å². The van der Waals surface area contributed by atoms with Crippen LogP contribution in [0.3, 0.4) is 0 Å². The van der Waals surface area contributed by atoms with Gasteiger partial charge in [-0.05, 0) is 42.3 Å². The van der Waals surface area contributed by atoms with Crippen molar-refractivity contribution >= 4 is 10.8 Å². The van der Waals surface area contributed by atoms with E-state index in [1.807, 2.05) is 0 Å². The molecule has 0 heterocycles. The van der Waals surface area contributed by atoms with E-state index < -0.39 is 0 Å². The Bertz CT molecular complexity index is 593. The smallest absolute Gasteiger partial charge is 0.126 e. The number of fused-ring (bicyclic) bond motifs is 1. The third-order valence-corrected chi connectivity index (χ3v) is 4.38. The van der Waals surface area contributed by atoms with Crippen LogP contribution in [0.1, 0.15) is 24.9 Å². The van der Waals surface area contributed by atoms with Crippen molar-refractivity contribution in [2.24, 2.45) is 11.8 Å². The van der Waals surface area contributed by atoms with Crippen LogP contribution >= 0.6 is 0 Å². The number of hydrogen-bond donors (Lipinski definition) is 1. The lowest BCUT2D eigenvalue weighted by Gasteiger charge is -2.20. The van der Waals surface area contributed by atoms with Crippen molar-refractivity contribution in [3.63, 3.8) is 0 Å². The molecule has 0 saturated heterocycles. The standard InChI is InChI=1S/C17H21NO/c1-11-10-15(11)17(18-2)14-8-9-16(19-3)13-7-5-4-6-12(13)14/h4-9,11,15,17-18H,10H2,1-3H3. The van der Waals surface area contributed by atoms with E-state index in [2.05, 4.69) is 55.7 Å². The van der Waals surface area contributed by atoms with E-state index in [0.29, 0.717) is 6.04 Å². The lowest BCUT2D eigenvalue weighted by molar-refractivity contribution is 0.419. The van der Waals surface area contributed by atoms with Crippen molar-refractivity contribution in [3.05, 3.63) is 42.0 Å². The molecule has 0 amide bonds. The topological polar surface area (TPSA) is 21.3 Å². The molecule has 3 rings (SSSR count). The van der Waals surface area contributed by atoms with Crippen molar-refractivity contribution in [2.45, 2.75) is 19.4 Å². The van der Waals surface area contributed by atoms with Crippen molar-refractivity contribution in [3.8, 4) is 5.75 Å². The first-order valence-electron chi connectivity index (χ1n) is 6.99. The Morgan fingerprint density at radius 3 is 2.42 bits per heavy atom. The molecule has 100 valence electrons.